The normalized spacial score (nSPS) is 10.1. The predicted octanol–water partition coefficient (Wildman–Crippen LogP) is -1.16. The van der Waals surface area contributed by atoms with Gasteiger partial charge in [-0.1, -0.05) is 10.2 Å². The summed E-state index contributed by atoms with van der Waals surface area (Å²) in [6.45, 7) is -0.317. The maximum atomic E-state index is 10.7. The molecule has 0 aliphatic heterocycles. The van der Waals surface area contributed by atoms with Crippen LogP contribution in [-0.4, -0.2) is 48.6 Å². The number of aliphatic hydroxyl groups is 2. The van der Waals surface area contributed by atoms with Crippen molar-refractivity contribution in [1.29, 1.82) is 0 Å². The summed E-state index contributed by atoms with van der Waals surface area (Å²) in [5, 5.41) is 26.9. The van der Waals surface area contributed by atoms with Gasteiger partial charge in [0, 0.05) is 13.1 Å². The Morgan fingerprint density at radius 2 is 1.29 bits per heavy atom. The Bertz CT molecular complexity index is 196. The first-order valence-corrected chi connectivity index (χ1v) is 3.90. The monoisotopic (exact) mass is 204 g/mol. The molecule has 8 nitrogen and oxygen atoms in total. The molecule has 0 spiro atoms. The molecule has 0 heterocycles. The van der Waals surface area contributed by atoms with Gasteiger partial charge in [-0.25, -0.2) is 9.59 Å². The number of amides is 4. The van der Waals surface area contributed by atoms with E-state index < -0.39 is 12.1 Å². The zero-order valence-electron chi connectivity index (χ0n) is 7.43. The second-order valence-electron chi connectivity index (χ2n) is 2.11. The number of nitrogens with zero attached hydrogens (tertiary/aromatic N) is 2. The first kappa shape index (κ1) is 12.5. The zero-order chi connectivity index (χ0) is 10.8. The Labute approximate surface area is 80.0 Å². The summed E-state index contributed by atoms with van der Waals surface area (Å²) in [5.74, 6) is 0. The summed E-state index contributed by atoms with van der Waals surface area (Å²) in [5.41, 5.74) is 0. The Kier molecular flexibility index (Phi) is 7.19. The standard InChI is InChI=1S/C6H12N4O4/c11-3-1-7-5(13)9-10-6(14)8-2-4-12/h11-12H,1-4H2,(H,7,13)(H,8,14)/b10-9-. The molecular formula is C6H12N4O4. The van der Waals surface area contributed by atoms with Gasteiger partial charge >= 0.3 is 12.1 Å². The maximum absolute atomic E-state index is 10.7. The van der Waals surface area contributed by atoms with E-state index in [0.29, 0.717) is 0 Å². The quantitative estimate of drug-likeness (QED) is 0.431. The minimum absolute atomic E-state index is 0.0517. The van der Waals surface area contributed by atoms with Gasteiger partial charge < -0.3 is 20.8 Å². The van der Waals surface area contributed by atoms with Crippen molar-refractivity contribution in [3.8, 4) is 0 Å². The molecular weight excluding hydrogens is 192 g/mol. The highest BCUT2D eigenvalue weighted by Crippen LogP contribution is 1.80. The third-order valence-corrected chi connectivity index (χ3v) is 1.01. The molecule has 0 bridgehead atoms. The molecule has 0 rings (SSSR count). The first-order chi connectivity index (χ1) is 6.70. The van der Waals surface area contributed by atoms with E-state index in [2.05, 4.69) is 20.9 Å². The Morgan fingerprint density at radius 1 is 0.929 bits per heavy atom. The molecule has 4 amide bonds. The van der Waals surface area contributed by atoms with Crippen molar-refractivity contribution in [1.82, 2.24) is 10.6 Å². The fourth-order valence-corrected chi connectivity index (χ4v) is 0.487. The lowest BCUT2D eigenvalue weighted by molar-refractivity contribution is 0.234. The second kappa shape index (κ2) is 8.08. The lowest BCUT2D eigenvalue weighted by atomic mass is 10.7. The summed E-state index contributed by atoms with van der Waals surface area (Å²) in [6.07, 6.45) is 0. The van der Waals surface area contributed by atoms with Crippen molar-refractivity contribution in [2.45, 2.75) is 0 Å². The molecule has 0 atom stereocenters. The first-order valence-electron chi connectivity index (χ1n) is 3.90. The van der Waals surface area contributed by atoms with Crippen LogP contribution >= 0.6 is 0 Å². The fourth-order valence-electron chi connectivity index (χ4n) is 0.487. The molecule has 0 radical (unpaired) electrons. The minimum atomic E-state index is -0.807. The van der Waals surface area contributed by atoms with Crippen molar-refractivity contribution in [3.63, 3.8) is 0 Å². The van der Waals surface area contributed by atoms with Crippen LogP contribution in [0.5, 0.6) is 0 Å². The predicted molar refractivity (Wildman–Crippen MR) is 45.8 cm³/mol. The molecule has 0 aliphatic carbocycles. The van der Waals surface area contributed by atoms with Crippen LogP contribution in [0.3, 0.4) is 0 Å². The number of rotatable bonds is 4. The highest BCUT2D eigenvalue weighted by atomic mass is 16.3. The van der Waals surface area contributed by atoms with E-state index in [4.69, 9.17) is 10.2 Å². The Morgan fingerprint density at radius 3 is 1.57 bits per heavy atom. The SMILES string of the molecule is O=C(/N=N\C(=O)NCCO)NCCO. The van der Waals surface area contributed by atoms with Crippen LogP contribution < -0.4 is 10.6 Å². The average Bonchev–Trinajstić information content (AvgIpc) is 2.20. The molecule has 0 aliphatic rings. The smallest absolute Gasteiger partial charge is 0.359 e. The van der Waals surface area contributed by atoms with Gasteiger partial charge in [0.1, 0.15) is 0 Å². The zero-order valence-corrected chi connectivity index (χ0v) is 7.43. The molecule has 0 aromatic rings. The average molecular weight is 204 g/mol. The summed E-state index contributed by atoms with van der Waals surface area (Å²) in [7, 11) is 0. The second-order valence-corrected chi connectivity index (χ2v) is 2.11. The largest absolute Gasteiger partial charge is 0.395 e. The van der Waals surface area contributed by atoms with Gasteiger partial charge in [-0.2, -0.15) is 0 Å². The van der Waals surface area contributed by atoms with Crippen LogP contribution in [0.25, 0.3) is 0 Å². The number of carbonyl (C=O) groups is 2. The third-order valence-electron chi connectivity index (χ3n) is 1.01. The van der Waals surface area contributed by atoms with E-state index in [-0.39, 0.29) is 26.3 Å². The van der Waals surface area contributed by atoms with Crippen molar-refractivity contribution in [3.05, 3.63) is 0 Å². The minimum Gasteiger partial charge on any atom is -0.395 e. The summed E-state index contributed by atoms with van der Waals surface area (Å²) < 4.78 is 0. The van der Waals surface area contributed by atoms with Gasteiger partial charge in [0.25, 0.3) is 0 Å². The summed E-state index contributed by atoms with van der Waals surface area (Å²) >= 11 is 0. The Balaban J connectivity index is 3.68. The molecule has 4 N–H and O–H groups in total. The molecule has 14 heavy (non-hydrogen) atoms. The molecule has 0 fully saturated rings. The van der Waals surface area contributed by atoms with Crippen LogP contribution in [0.15, 0.2) is 10.2 Å². The highest BCUT2D eigenvalue weighted by Gasteiger charge is 1.99. The van der Waals surface area contributed by atoms with Crippen LogP contribution in [0, 0.1) is 0 Å². The number of urea groups is 2. The van der Waals surface area contributed by atoms with Crippen LogP contribution in [-0.2, 0) is 0 Å². The molecule has 8 heteroatoms. The molecule has 0 unspecified atom stereocenters. The van der Waals surface area contributed by atoms with E-state index in [0.717, 1.165) is 0 Å². The van der Waals surface area contributed by atoms with Gasteiger partial charge in [0.15, 0.2) is 0 Å². The molecule has 0 saturated carbocycles. The number of azo groups is 1. The van der Waals surface area contributed by atoms with Gasteiger partial charge in [0.05, 0.1) is 13.2 Å². The fraction of sp³-hybridized carbons (Fsp3) is 0.667. The van der Waals surface area contributed by atoms with E-state index in [1.54, 1.807) is 0 Å². The molecule has 0 aromatic carbocycles. The Hall–Kier alpha value is -1.54. The van der Waals surface area contributed by atoms with Gasteiger partial charge in [-0.05, 0) is 0 Å². The molecule has 0 saturated heterocycles. The number of aliphatic hydroxyl groups excluding tert-OH is 2. The van der Waals surface area contributed by atoms with Crippen LogP contribution in [0.2, 0.25) is 0 Å². The van der Waals surface area contributed by atoms with Gasteiger partial charge in [-0.3, -0.25) is 0 Å². The van der Waals surface area contributed by atoms with E-state index in [9.17, 15) is 9.59 Å². The van der Waals surface area contributed by atoms with Crippen LogP contribution in [0.1, 0.15) is 0 Å². The maximum Gasteiger partial charge on any atom is 0.359 e. The lowest BCUT2D eigenvalue weighted by Crippen LogP contribution is -2.25. The van der Waals surface area contributed by atoms with Gasteiger partial charge in [0.2, 0.25) is 0 Å². The number of nitrogens with one attached hydrogen (secondary N) is 2. The lowest BCUT2D eigenvalue weighted by Gasteiger charge is -1.96. The highest BCUT2D eigenvalue weighted by molar-refractivity contribution is 5.79. The van der Waals surface area contributed by atoms with Crippen molar-refractivity contribution in [2.75, 3.05) is 26.3 Å². The number of hydrogen-bond acceptors (Lipinski definition) is 4. The number of hydrogen-bond donors (Lipinski definition) is 4. The molecule has 80 valence electrons. The number of carbonyl (C=O) groups excluding carboxylic acids is 2. The summed E-state index contributed by atoms with van der Waals surface area (Å²) in [4.78, 5) is 21.3. The van der Waals surface area contributed by atoms with E-state index in [1.807, 2.05) is 0 Å². The van der Waals surface area contributed by atoms with Gasteiger partial charge in [-0.15, -0.1) is 0 Å². The summed E-state index contributed by atoms with van der Waals surface area (Å²) in [6, 6.07) is -1.61. The van der Waals surface area contributed by atoms with Crippen molar-refractivity contribution < 1.29 is 19.8 Å². The van der Waals surface area contributed by atoms with E-state index in [1.165, 1.54) is 0 Å². The van der Waals surface area contributed by atoms with Crippen LogP contribution in [0.4, 0.5) is 9.59 Å². The topological polar surface area (TPSA) is 123 Å². The van der Waals surface area contributed by atoms with E-state index >= 15 is 0 Å². The van der Waals surface area contributed by atoms with Crippen molar-refractivity contribution in [2.24, 2.45) is 10.2 Å². The third kappa shape index (κ3) is 7.13. The molecule has 0 aromatic heterocycles. The van der Waals surface area contributed by atoms with Crippen molar-refractivity contribution >= 4 is 12.1 Å².